The molecule has 0 aliphatic heterocycles. The molecule has 0 radical (unpaired) electrons. The molecule has 0 saturated heterocycles. The molecule has 0 saturated carbocycles. The summed E-state index contributed by atoms with van der Waals surface area (Å²) in [7, 11) is 0. The first-order chi connectivity index (χ1) is 14.4. The minimum absolute atomic E-state index is 0.594. The minimum atomic E-state index is 0.594. The van der Waals surface area contributed by atoms with E-state index >= 15 is 0 Å². The van der Waals surface area contributed by atoms with E-state index in [1.165, 1.54) is 56.5 Å². The molecular weight excluding hydrogens is 350 g/mol. The van der Waals surface area contributed by atoms with Gasteiger partial charge in [0.2, 0.25) is 0 Å². The van der Waals surface area contributed by atoms with Gasteiger partial charge in [-0.3, -0.25) is 0 Å². The van der Waals surface area contributed by atoms with E-state index in [1.54, 1.807) is 0 Å². The lowest BCUT2D eigenvalue weighted by Gasteiger charge is -2.28. The largest absolute Gasteiger partial charge is 0.309 e. The van der Waals surface area contributed by atoms with Gasteiger partial charge in [-0.15, -0.1) is 0 Å². The third-order valence-electron chi connectivity index (χ3n) is 6.87. The molecule has 1 nitrogen and oxygen atoms in total. The summed E-state index contributed by atoms with van der Waals surface area (Å²) in [5.74, 6) is 0.594. The van der Waals surface area contributed by atoms with Crippen LogP contribution in [0.25, 0.3) is 33.8 Å². The summed E-state index contributed by atoms with van der Waals surface area (Å²) in [4.78, 5) is 0. The maximum absolute atomic E-state index is 2.53. The van der Waals surface area contributed by atoms with Gasteiger partial charge in [0.15, 0.2) is 0 Å². The van der Waals surface area contributed by atoms with Crippen molar-refractivity contribution in [1.29, 1.82) is 0 Å². The molecule has 0 amide bonds. The molecule has 2 aliphatic rings. The normalized spacial score (nSPS) is 17.1. The molecule has 0 N–H and O–H groups in total. The molecule has 1 aromatic heterocycles. The van der Waals surface area contributed by atoms with Gasteiger partial charge in [0, 0.05) is 16.8 Å². The molecule has 6 rings (SSSR count). The third kappa shape index (κ3) is 2.40. The Hall–Kier alpha value is -3.06. The van der Waals surface area contributed by atoms with Gasteiger partial charge >= 0.3 is 0 Å². The van der Waals surface area contributed by atoms with Crippen LogP contribution in [0.5, 0.6) is 0 Å². The fourth-order valence-electron chi connectivity index (χ4n) is 5.51. The average molecular weight is 376 g/mol. The Morgan fingerprint density at radius 2 is 1.69 bits per heavy atom. The van der Waals surface area contributed by atoms with Crippen LogP contribution in [0.3, 0.4) is 0 Å². The lowest BCUT2D eigenvalue weighted by Crippen LogP contribution is -2.12. The summed E-state index contributed by atoms with van der Waals surface area (Å²) in [5, 5.41) is 1.45. The first kappa shape index (κ1) is 16.9. The topological polar surface area (TPSA) is 4.93 Å². The fourth-order valence-corrected chi connectivity index (χ4v) is 5.51. The second-order valence-corrected chi connectivity index (χ2v) is 8.36. The molecule has 1 heterocycles. The number of fused-ring (bicyclic) bond motifs is 7. The van der Waals surface area contributed by atoms with Crippen molar-refractivity contribution in [2.45, 2.75) is 38.5 Å². The van der Waals surface area contributed by atoms with Crippen LogP contribution < -0.4 is 0 Å². The average Bonchev–Trinajstić information content (AvgIpc) is 3.14. The number of nitrogens with zero attached hydrogens (tertiary/aromatic N) is 1. The summed E-state index contributed by atoms with van der Waals surface area (Å²) < 4.78 is 2.53. The van der Waals surface area contributed by atoms with E-state index in [1.807, 2.05) is 0 Å². The van der Waals surface area contributed by atoms with Crippen LogP contribution in [0.1, 0.15) is 48.1 Å². The van der Waals surface area contributed by atoms with Crippen molar-refractivity contribution in [3.05, 3.63) is 95.2 Å². The van der Waals surface area contributed by atoms with Crippen molar-refractivity contribution in [3.8, 4) is 16.8 Å². The standard InChI is InChI=1S/C28H25N/c1-2-19-18-26-23(22-13-7-6-12-21(19)22)16-17-25-24-14-8-9-15-27(24)29(28(25)26)20-10-4-3-5-11-20/h3-7,9-13,15-17,19H,2,8,14,18H2,1H3. The highest BCUT2D eigenvalue weighted by Gasteiger charge is 2.28. The summed E-state index contributed by atoms with van der Waals surface area (Å²) in [6.45, 7) is 2.33. The second kappa shape index (κ2) is 6.49. The molecule has 3 aromatic carbocycles. The number of aryl methyl sites for hydroxylation is 1. The third-order valence-corrected chi connectivity index (χ3v) is 6.87. The molecule has 1 unspecified atom stereocenters. The zero-order chi connectivity index (χ0) is 19.4. The molecule has 0 spiro atoms. The van der Waals surface area contributed by atoms with E-state index in [4.69, 9.17) is 0 Å². The predicted octanol–water partition coefficient (Wildman–Crippen LogP) is 7.31. The van der Waals surface area contributed by atoms with Gasteiger partial charge in [-0.2, -0.15) is 0 Å². The van der Waals surface area contributed by atoms with Gasteiger partial charge in [-0.1, -0.05) is 67.6 Å². The van der Waals surface area contributed by atoms with Crippen molar-refractivity contribution in [3.63, 3.8) is 0 Å². The van der Waals surface area contributed by atoms with Crippen molar-refractivity contribution < 1.29 is 0 Å². The maximum Gasteiger partial charge on any atom is 0.0576 e. The van der Waals surface area contributed by atoms with Crippen molar-refractivity contribution in [2.75, 3.05) is 0 Å². The van der Waals surface area contributed by atoms with Gasteiger partial charge in [-0.25, -0.2) is 0 Å². The Bertz CT molecular complexity index is 1260. The van der Waals surface area contributed by atoms with Gasteiger partial charge in [-0.05, 0) is 77.6 Å². The summed E-state index contributed by atoms with van der Waals surface area (Å²) >= 11 is 0. The van der Waals surface area contributed by atoms with E-state index in [-0.39, 0.29) is 0 Å². The smallest absolute Gasteiger partial charge is 0.0576 e. The highest BCUT2D eigenvalue weighted by atomic mass is 15.0. The van der Waals surface area contributed by atoms with Gasteiger partial charge < -0.3 is 4.57 Å². The van der Waals surface area contributed by atoms with Crippen molar-refractivity contribution >= 4 is 17.0 Å². The zero-order valence-electron chi connectivity index (χ0n) is 16.9. The van der Waals surface area contributed by atoms with Crippen LogP contribution in [-0.2, 0) is 12.8 Å². The summed E-state index contributed by atoms with van der Waals surface area (Å²) in [6, 6.07) is 24.7. The molecule has 2 aliphatic carbocycles. The molecule has 1 atom stereocenters. The molecular formula is C28H25N. The van der Waals surface area contributed by atoms with Crippen LogP contribution in [-0.4, -0.2) is 4.57 Å². The second-order valence-electron chi connectivity index (χ2n) is 8.36. The highest BCUT2D eigenvalue weighted by Crippen LogP contribution is 2.46. The van der Waals surface area contributed by atoms with Gasteiger partial charge in [0.1, 0.15) is 0 Å². The number of rotatable bonds is 2. The Kier molecular flexibility index (Phi) is 3.77. The molecule has 4 aromatic rings. The number of hydrogen-bond acceptors (Lipinski definition) is 0. The van der Waals surface area contributed by atoms with E-state index in [0.29, 0.717) is 5.92 Å². The monoisotopic (exact) mass is 375 g/mol. The number of benzene rings is 3. The van der Waals surface area contributed by atoms with Crippen LogP contribution in [0.2, 0.25) is 0 Å². The quantitative estimate of drug-likeness (QED) is 0.346. The van der Waals surface area contributed by atoms with Crippen LogP contribution in [0.15, 0.2) is 72.8 Å². The van der Waals surface area contributed by atoms with Gasteiger partial charge in [0.25, 0.3) is 0 Å². The predicted molar refractivity (Wildman–Crippen MR) is 123 cm³/mol. The molecule has 142 valence electrons. The number of hydrogen-bond donors (Lipinski definition) is 0. The number of para-hydroxylation sites is 1. The lowest BCUT2D eigenvalue weighted by molar-refractivity contribution is 0.655. The minimum Gasteiger partial charge on any atom is -0.309 e. The van der Waals surface area contributed by atoms with E-state index < -0.39 is 0 Å². The van der Waals surface area contributed by atoms with E-state index in [0.717, 1.165) is 19.3 Å². The van der Waals surface area contributed by atoms with Crippen molar-refractivity contribution in [1.82, 2.24) is 4.57 Å². The Morgan fingerprint density at radius 1 is 0.862 bits per heavy atom. The molecule has 1 heteroatoms. The highest BCUT2D eigenvalue weighted by molar-refractivity contribution is 5.98. The number of allylic oxidation sites excluding steroid dienone is 1. The van der Waals surface area contributed by atoms with Crippen molar-refractivity contribution in [2.24, 2.45) is 0 Å². The SMILES string of the molecule is CCC1Cc2c(ccc3c4c(n(-c5ccccc5)c23)C=CCC4)-c2ccccc21. The van der Waals surface area contributed by atoms with Gasteiger partial charge in [0.05, 0.1) is 5.52 Å². The molecule has 0 fully saturated rings. The number of aromatic nitrogens is 1. The first-order valence-electron chi connectivity index (χ1n) is 10.9. The summed E-state index contributed by atoms with van der Waals surface area (Å²) in [5.41, 5.74) is 11.5. The molecule has 0 bridgehead atoms. The molecule has 29 heavy (non-hydrogen) atoms. The van der Waals surface area contributed by atoms with Crippen LogP contribution in [0.4, 0.5) is 0 Å². The zero-order valence-corrected chi connectivity index (χ0v) is 16.9. The Morgan fingerprint density at radius 3 is 2.55 bits per heavy atom. The first-order valence-corrected chi connectivity index (χ1v) is 10.9. The Labute approximate surface area is 172 Å². The maximum atomic E-state index is 2.53. The van der Waals surface area contributed by atoms with E-state index in [9.17, 15) is 0 Å². The van der Waals surface area contributed by atoms with Crippen LogP contribution >= 0.6 is 0 Å². The van der Waals surface area contributed by atoms with E-state index in [2.05, 4.69) is 90.4 Å². The summed E-state index contributed by atoms with van der Waals surface area (Å²) in [6.07, 6.45) is 9.24. The fraction of sp³-hybridized carbons (Fsp3) is 0.214. The Balaban J connectivity index is 1.75. The lowest BCUT2D eigenvalue weighted by atomic mass is 9.77. The van der Waals surface area contributed by atoms with Crippen LogP contribution in [0, 0.1) is 0 Å².